The lowest BCUT2D eigenvalue weighted by Crippen LogP contribution is -2.39. The van der Waals surface area contributed by atoms with Crippen molar-refractivity contribution in [1.82, 2.24) is 9.55 Å². The number of alkyl halides is 3. The topological polar surface area (TPSA) is 101 Å². The van der Waals surface area contributed by atoms with Gasteiger partial charge in [-0.2, -0.15) is 13.2 Å². The number of rotatable bonds is 5. The van der Waals surface area contributed by atoms with Crippen molar-refractivity contribution in [1.29, 1.82) is 0 Å². The molecule has 7 nitrogen and oxygen atoms in total. The van der Waals surface area contributed by atoms with Gasteiger partial charge >= 0.3 is 11.9 Å². The van der Waals surface area contributed by atoms with E-state index in [9.17, 15) is 27.6 Å². The second kappa shape index (κ2) is 8.96. The van der Waals surface area contributed by atoms with Gasteiger partial charge in [-0.1, -0.05) is 60.7 Å². The van der Waals surface area contributed by atoms with Crippen LogP contribution < -0.4 is 21.9 Å². The lowest BCUT2D eigenvalue weighted by molar-refractivity contribution is -0.114. The molecule has 0 bridgehead atoms. The summed E-state index contributed by atoms with van der Waals surface area (Å²) >= 11 is 0. The highest BCUT2D eigenvalue weighted by molar-refractivity contribution is 6.07. The SMILES string of the molecule is CN(C(=O)/C=C(/c1ccccc1)C(F)(F)F)c1c(N)n(Cc2ccccc2)c(=O)[nH]c1=O. The standard InChI is InChI=1S/C22H19F3N4O3/c1-28(17(30)12-16(22(23,24)25)15-10-6-3-7-11-15)18-19(26)29(21(32)27-20(18)31)13-14-8-4-2-5-9-14/h2-12H,13,26H2,1H3,(H,27,31,32)/b16-12-. The molecule has 0 aliphatic heterocycles. The smallest absolute Gasteiger partial charge is 0.383 e. The first kappa shape index (κ1) is 22.6. The van der Waals surface area contributed by atoms with E-state index in [0.29, 0.717) is 16.5 Å². The number of nitrogen functional groups attached to an aromatic ring is 1. The first-order valence-electron chi connectivity index (χ1n) is 9.38. The third kappa shape index (κ3) is 4.80. The Morgan fingerprint density at radius 2 is 1.62 bits per heavy atom. The van der Waals surface area contributed by atoms with Gasteiger partial charge < -0.3 is 10.6 Å². The Labute approximate surface area is 180 Å². The van der Waals surface area contributed by atoms with Gasteiger partial charge in [-0.05, 0) is 11.1 Å². The second-order valence-corrected chi connectivity index (χ2v) is 6.88. The van der Waals surface area contributed by atoms with Crippen molar-refractivity contribution in [2.24, 2.45) is 0 Å². The van der Waals surface area contributed by atoms with E-state index in [0.717, 1.165) is 11.6 Å². The van der Waals surface area contributed by atoms with Crippen LogP contribution >= 0.6 is 0 Å². The van der Waals surface area contributed by atoms with Crippen LogP contribution in [0.1, 0.15) is 11.1 Å². The number of benzene rings is 2. The minimum Gasteiger partial charge on any atom is -0.383 e. The van der Waals surface area contributed by atoms with Gasteiger partial charge in [0.1, 0.15) is 5.82 Å². The third-order valence-electron chi connectivity index (χ3n) is 4.72. The van der Waals surface area contributed by atoms with Crippen LogP contribution in [0.3, 0.4) is 0 Å². The fraction of sp³-hybridized carbons (Fsp3) is 0.136. The summed E-state index contributed by atoms with van der Waals surface area (Å²) in [7, 11) is 1.11. The Hall–Kier alpha value is -4.08. The second-order valence-electron chi connectivity index (χ2n) is 6.88. The number of amides is 1. The first-order valence-corrected chi connectivity index (χ1v) is 9.38. The Kier molecular flexibility index (Phi) is 6.33. The van der Waals surface area contributed by atoms with Crippen LogP contribution in [0.25, 0.3) is 5.57 Å². The monoisotopic (exact) mass is 444 g/mol. The Morgan fingerprint density at radius 3 is 2.19 bits per heavy atom. The van der Waals surface area contributed by atoms with E-state index in [4.69, 9.17) is 5.73 Å². The molecule has 3 aromatic rings. The van der Waals surface area contributed by atoms with Crippen LogP contribution in [0.5, 0.6) is 0 Å². The maximum atomic E-state index is 13.6. The highest BCUT2D eigenvalue weighted by Gasteiger charge is 2.36. The summed E-state index contributed by atoms with van der Waals surface area (Å²) in [5, 5.41) is 0. The first-order chi connectivity index (χ1) is 15.1. The van der Waals surface area contributed by atoms with E-state index >= 15 is 0 Å². The maximum Gasteiger partial charge on any atom is 0.417 e. The molecule has 0 saturated heterocycles. The zero-order chi connectivity index (χ0) is 23.5. The largest absolute Gasteiger partial charge is 0.417 e. The molecule has 166 valence electrons. The molecule has 0 unspecified atom stereocenters. The van der Waals surface area contributed by atoms with Gasteiger partial charge in [0.25, 0.3) is 11.5 Å². The molecular formula is C22H19F3N4O3. The van der Waals surface area contributed by atoms with Crippen LogP contribution in [0.4, 0.5) is 24.7 Å². The molecule has 2 aromatic carbocycles. The Morgan fingerprint density at radius 1 is 1.06 bits per heavy atom. The minimum absolute atomic E-state index is 0.00896. The van der Waals surface area contributed by atoms with Crippen LogP contribution in [0, 0.1) is 0 Å². The quantitative estimate of drug-likeness (QED) is 0.591. The average molecular weight is 444 g/mol. The molecule has 0 radical (unpaired) electrons. The van der Waals surface area contributed by atoms with E-state index < -0.39 is 34.6 Å². The molecule has 10 heteroatoms. The number of nitrogens with two attached hydrogens (primary N) is 1. The lowest BCUT2D eigenvalue weighted by Gasteiger charge is -2.20. The van der Waals surface area contributed by atoms with E-state index in [1.165, 1.54) is 24.3 Å². The summed E-state index contributed by atoms with van der Waals surface area (Å²) in [5.41, 5.74) is 3.07. The number of anilines is 2. The molecule has 3 N–H and O–H groups in total. The zero-order valence-electron chi connectivity index (χ0n) is 16.9. The molecular weight excluding hydrogens is 425 g/mol. The predicted octanol–water partition coefficient (Wildman–Crippen LogP) is 2.78. The summed E-state index contributed by atoms with van der Waals surface area (Å²) in [4.78, 5) is 40.1. The van der Waals surface area contributed by atoms with E-state index in [2.05, 4.69) is 4.98 Å². The van der Waals surface area contributed by atoms with Gasteiger partial charge in [0, 0.05) is 13.1 Å². The predicted molar refractivity (Wildman–Crippen MR) is 115 cm³/mol. The lowest BCUT2D eigenvalue weighted by atomic mass is 10.0. The van der Waals surface area contributed by atoms with Crippen LogP contribution in [0.15, 0.2) is 76.3 Å². The number of halogens is 3. The summed E-state index contributed by atoms with van der Waals surface area (Å²) < 4.78 is 41.7. The number of aromatic nitrogens is 2. The molecule has 32 heavy (non-hydrogen) atoms. The molecule has 3 rings (SSSR count). The summed E-state index contributed by atoms with van der Waals surface area (Å²) in [6.45, 7) is -0.00896. The summed E-state index contributed by atoms with van der Waals surface area (Å²) in [5.74, 6) is -1.48. The number of aromatic amines is 1. The molecule has 0 saturated carbocycles. The average Bonchev–Trinajstić information content (AvgIpc) is 2.75. The van der Waals surface area contributed by atoms with Crippen LogP contribution in [0.2, 0.25) is 0 Å². The number of hydrogen-bond acceptors (Lipinski definition) is 4. The molecule has 0 aliphatic carbocycles. The van der Waals surface area contributed by atoms with Gasteiger partial charge in [-0.25, -0.2) is 4.79 Å². The van der Waals surface area contributed by atoms with Gasteiger partial charge in [0.15, 0.2) is 5.69 Å². The van der Waals surface area contributed by atoms with Gasteiger partial charge in [-0.3, -0.25) is 19.1 Å². The van der Waals surface area contributed by atoms with E-state index in [-0.39, 0.29) is 17.9 Å². The summed E-state index contributed by atoms with van der Waals surface area (Å²) in [6, 6.07) is 15.5. The maximum absolute atomic E-state index is 13.6. The third-order valence-corrected chi connectivity index (χ3v) is 4.72. The number of carbonyl (C=O) groups excluding carboxylic acids is 1. The normalized spacial score (nSPS) is 11.9. The molecule has 0 fully saturated rings. The van der Waals surface area contributed by atoms with Crippen molar-refractivity contribution >= 4 is 23.0 Å². The molecule has 1 aromatic heterocycles. The number of nitrogens with one attached hydrogen (secondary N) is 1. The van der Waals surface area contributed by atoms with Crippen molar-refractivity contribution in [2.45, 2.75) is 12.7 Å². The van der Waals surface area contributed by atoms with E-state index in [1.807, 2.05) is 0 Å². The molecule has 1 amide bonds. The van der Waals surface area contributed by atoms with Crippen molar-refractivity contribution in [3.05, 3.63) is 98.7 Å². The van der Waals surface area contributed by atoms with Gasteiger partial charge in [0.2, 0.25) is 0 Å². The van der Waals surface area contributed by atoms with Gasteiger partial charge in [0.05, 0.1) is 12.1 Å². The van der Waals surface area contributed by atoms with Crippen LogP contribution in [-0.4, -0.2) is 28.7 Å². The zero-order valence-corrected chi connectivity index (χ0v) is 16.9. The molecule has 1 heterocycles. The number of nitrogens with zero attached hydrogens (tertiary/aromatic N) is 2. The summed E-state index contributed by atoms with van der Waals surface area (Å²) in [6.07, 6.45) is -4.43. The molecule has 0 aliphatic rings. The van der Waals surface area contributed by atoms with Crippen molar-refractivity contribution < 1.29 is 18.0 Å². The van der Waals surface area contributed by atoms with Crippen molar-refractivity contribution in [3.63, 3.8) is 0 Å². The number of carbonyl (C=O) groups is 1. The number of allylic oxidation sites excluding steroid dienone is 1. The number of likely N-dealkylation sites (N-methyl/N-ethyl adjacent to an activating group) is 1. The highest BCUT2D eigenvalue weighted by atomic mass is 19.4. The highest BCUT2D eigenvalue weighted by Crippen LogP contribution is 2.34. The minimum atomic E-state index is -4.82. The number of hydrogen-bond donors (Lipinski definition) is 2. The fourth-order valence-corrected chi connectivity index (χ4v) is 3.10. The van der Waals surface area contributed by atoms with E-state index in [1.54, 1.807) is 36.4 Å². The van der Waals surface area contributed by atoms with Crippen molar-refractivity contribution in [3.8, 4) is 0 Å². The Bertz CT molecular complexity index is 1260. The van der Waals surface area contributed by atoms with Gasteiger partial charge in [-0.15, -0.1) is 0 Å². The van der Waals surface area contributed by atoms with Crippen LogP contribution in [-0.2, 0) is 11.3 Å². The molecule has 0 spiro atoms. The number of H-pyrrole nitrogens is 1. The fourth-order valence-electron chi connectivity index (χ4n) is 3.10. The van der Waals surface area contributed by atoms with Crippen molar-refractivity contribution in [2.75, 3.05) is 17.7 Å². The Balaban J connectivity index is 2.04. The molecule has 0 atom stereocenters.